The Morgan fingerprint density at radius 3 is 1.67 bits per heavy atom. The average molecular weight is 301 g/mol. The van der Waals surface area contributed by atoms with Crippen LogP contribution in [0, 0.1) is 5.92 Å². The minimum atomic E-state index is -0.769. The molecule has 0 rings (SSSR count). The summed E-state index contributed by atoms with van der Waals surface area (Å²) in [5, 5.41) is 0. The van der Waals surface area contributed by atoms with Gasteiger partial charge in [-0.2, -0.15) is 0 Å². The first kappa shape index (κ1) is 19.4. The van der Waals surface area contributed by atoms with Crippen LogP contribution in [-0.2, 0) is 14.3 Å². The van der Waals surface area contributed by atoms with Gasteiger partial charge in [0, 0.05) is 13.0 Å². The lowest BCUT2D eigenvalue weighted by Crippen LogP contribution is -2.45. The summed E-state index contributed by atoms with van der Waals surface area (Å²) in [6.07, 6.45) is -0.529. The van der Waals surface area contributed by atoms with Crippen LogP contribution in [0.4, 0.5) is 9.59 Å². The molecule has 0 aliphatic rings. The SMILES string of the molecule is C[C@@H](CC=O)CN(C(=O)OC(C)(C)C)C(=O)OC(C)(C)C. The molecule has 0 saturated heterocycles. The van der Waals surface area contributed by atoms with Gasteiger partial charge in [0.1, 0.15) is 17.5 Å². The van der Waals surface area contributed by atoms with Gasteiger partial charge in [0.15, 0.2) is 0 Å². The molecule has 2 amide bonds. The van der Waals surface area contributed by atoms with Gasteiger partial charge in [0.05, 0.1) is 0 Å². The van der Waals surface area contributed by atoms with E-state index in [1.807, 2.05) is 0 Å². The van der Waals surface area contributed by atoms with Crippen LogP contribution in [0.3, 0.4) is 0 Å². The van der Waals surface area contributed by atoms with E-state index < -0.39 is 23.4 Å². The van der Waals surface area contributed by atoms with Gasteiger partial charge in [-0.05, 0) is 47.5 Å². The average Bonchev–Trinajstić information content (AvgIpc) is 2.20. The van der Waals surface area contributed by atoms with Crippen molar-refractivity contribution in [3.05, 3.63) is 0 Å². The van der Waals surface area contributed by atoms with Crippen LogP contribution in [-0.4, -0.2) is 41.1 Å². The second kappa shape index (κ2) is 7.43. The Labute approximate surface area is 126 Å². The number of hydrogen-bond donors (Lipinski definition) is 0. The van der Waals surface area contributed by atoms with E-state index in [2.05, 4.69) is 0 Å². The van der Waals surface area contributed by atoms with Crippen LogP contribution in [0.2, 0.25) is 0 Å². The summed E-state index contributed by atoms with van der Waals surface area (Å²) in [6, 6.07) is 0. The quantitative estimate of drug-likeness (QED) is 0.744. The molecule has 0 spiro atoms. The summed E-state index contributed by atoms with van der Waals surface area (Å²) in [4.78, 5) is 35.7. The van der Waals surface area contributed by atoms with Crippen molar-refractivity contribution < 1.29 is 23.9 Å². The molecular formula is C15H27NO5. The van der Waals surface area contributed by atoms with Crippen LogP contribution < -0.4 is 0 Å². The van der Waals surface area contributed by atoms with Crippen molar-refractivity contribution in [1.29, 1.82) is 0 Å². The van der Waals surface area contributed by atoms with E-state index in [9.17, 15) is 14.4 Å². The van der Waals surface area contributed by atoms with E-state index >= 15 is 0 Å². The molecule has 0 aliphatic heterocycles. The first-order chi connectivity index (χ1) is 9.35. The molecule has 122 valence electrons. The second-order valence-corrected chi connectivity index (χ2v) is 7.08. The van der Waals surface area contributed by atoms with Crippen molar-refractivity contribution in [1.82, 2.24) is 4.90 Å². The third-order valence-electron chi connectivity index (χ3n) is 2.22. The smallest absolute Gasteiger partial charge is 0.419 e. The molecule has 6 heteroatoms. The van der Waals surface area contributed by atoms with Crippen molar-refractivity contribution in [2.75, 3.05) is 6.54 Å². The fourth-order valence-electron chi connectivity index (χ4n) is 1.41. The van der Waals surface area contributed by atoms with Gasteiger partial charge < -0.3 is 14.3 Å². The lowest BCUT2D eigenvalue weighted by molar-refractivity contribution is -0.108. The summed E-state index contributed by atoms with van der Waals surface area (Å²) in [5.41, 5.74) is -1.43. The number of aldehydes is 1. The highest BCUT2D eigenvalue weighted by molar-refractivity contribution is 5.88. The molecule has 0 unspecified atom stereocenters. The molecule has 21 heavy (non-hydrogen) atoms. The van der Waals surface area contributed by atoms with E-state index in [1.54, 1.807) is 48.5 Å². The summed E-state index contributed by atoms with van der Waals surface area (Å²) in [7, 11) is 0. The Balaban J connectivity index is 5.04. The molecule has 0 heterocycles. The number of hydrogen-bond acceptors (Lipinski definition) is 5. The first-order valence-corrected chi connectivity index (χ1v) is 7.03. The topological polar surface area (TPSA) is 72.9 Å². The maximum Gasteiger partial charge on any atom is 0.419 e. The molecular weight excluding hydrogens is 274 g/mol. The van der Waals surface area contributed by atoms with Crippen molar-refractivity contribution in [3.63, 3.8) is 0 Å². The summed E-state index contributed by atoms with van der Waals surface area (Å²) in [5.74, 6) is -0.164. The van der Waals surface area contributed by atoms with Crippen molar-refractivity contribution in [3.8, 4) is 0 Å². The zero-order valence-corrected chi connectivity index (χ0v) is 14.1. The Morgan fingerprint density at radius 1 is 1.00 bits per heavy atom. The molecule has 0 aromatic heterocycles. The fraction of sp³-hybridized carbons (Fsp3) is 0.800. The van der Waals surface area contributed by atoms with Gasteiger partial charge >= 0.3 is 12.2 Å². The van der Waals surface area contributed by atoms with E-state index in [0.717, 1.165) is 11.2 Å². The van der Waals surface area contributed by atoms with Gasteiger partial charge in [-0.1, -0.05) is 6.92 Å². The van der Waals surface area contributed by atoms with E-state index in [4.69, 9.17) is 9.47 Å². The zero-order chi connectivity index (χ0) is 16.8. The molecule has 0 aromatic carbocycles. The number of imide groups is 1. The van der Waals surface area contributed by atoms with Crippen LogP contribution in [0.5, 0.6) is 0 Å². The molecule has 0 aromatic rings. The number of carbonyl (C=O) groups is 3. The van der Waals surface area contributed by atoms with Crippen molar-refractivity contribution >= 4 is 18.5 Å². The monoisotopic (exact) mass is 301 g/mol. The Hall–Kier alpha value is -1.59. The number of rotatable bonds is 4. The van der Waals surface area contributed by atoms with Crippen LogP contribution >= 0.6 is 0 Å². The maximum atomic E-state index is 12.1. The normalized spacial score (nSPS) is 13.3. The predicted octanol–water partition coefficient (Wildman–Crippen LogP) is 3.38. The molecule has 0 fully saturated rings. The second-order valence-electron chi connectivity index (χ2n) is 7.08. The van der Waals surface area contributed by atoms with Crippen molar-refractivity contribution in [2.24, 2.45) is 5.92 Å². The van der Waals surface area contributed by atoms with Gasteiger partial charge in [-0.3, -0.25) is 0 Å². The predicted molar refractivity (Wildman–Crippen MR) is 79.0 cm³/mol. The minimum absolute atomic E-state index is 0.0720. The zero-order valence-electron chi connectivity index (χ0n) is 14.1. The van der Waals surface area contributed by atoms with E-state index in [-0.39, 0.29) is 18.9 Å². The number of ether oxygens (including phenoxy) is 2. The number of nitrogens with zero attached hydrogens (tertiary/aromatic N) is 1. The summed E-state index contributed by atoms with van der Waals surface area (Å²) >= 11 is 0. The van der Waals surface area contributed by atoms with E-state index in [0.29, 0.717) is 0 Å². The van der Waals surface area contributed by atoms with Gasteiger partial charge in [-0.15, -0.1) is 0 Å². The molecule has 6 nitrogen and oxygen atoms in total. The van der Waals surface area contributed by atoms with Gasteiger partial charge in [0.2, 0.25) is 0 Å². The van der Waals surface area contributed by atoms with Crippen molar-refractivity contribution in [2.45, 2.75) is 66.1 Å². The van der Waals surface area contributed by atoms with Crippen LogP contribution in [0.15, 0.2) is 0 Å². The summed E-state index contributed by atoms with van der Waals surface area (Å²) < 4.78 is 10.4. The molecule has 0 aliphatic carbocycles. The Morgan fingerprint density at radius 2 is 1.38 bits per heavy atom. The highest BCUT2D eigenvalue weighted by atomic mass is 16.6. The standard InChI is InChI=1S/C15H27NO5/c1-11(8-9-17)10-16(12(18)20-14(2,3)4)13(19)21-15(5,6)7/h9,11H,8,10H2,1-7H3/t11-/m0/s1. The molecule has 0 bridgehead atoms. The van der Waals surface area contributed by atoms with E-state index in [1.165, 1.54) is 0 Å². The third kappa shape index (κ3) is 9.05. The van der Waals surface area contributed by atoms with Crippen LogP contribution in [0.25, 0.3) is 0 Å². The van der Waals surface area contributed by atoms with Gasteiger partial charge in [0.25, 0.3) is 0 Å². The molecule has 0 radical (unpaired) electrons. The fourth-order valence-corrected chi connectivity index (χ4v) is 1.41. The Kier molecular flexibility index (Phi) is 6.86. The Bertz CT molecular complexity index is 351. The largest absolute Gasteiger partial charge is 0.443 e. The molecule has 0 N–H and O–H groups in total. The first-order valence-electron chi connectivity index (χ1n) is 7.03. The summed E-state index contributed by atoms with van der Waals surface area (Å²) in [6.45, 7) is 12.1. The lowest BCUT2D eigenvalue weighted by atomic mass is 10.1. The molecule has 0 saturated carbocycles. The van der Waals surface area contributed by atoms with Gasteiger partial charge in [-0.25, -0.2) is 14.5 Å². The number of carbonyl (C=O) groups excluding carboxylic acids is 3. The highest BCUT2D eigenvalue weighted by Crippen LogP contribution is 2.16. The third-order valence-corrected chi connectivity index (χ3v) is 2.22. The maximum absolute atomic E-state index is 12.1. The van der Waals surface area contributed by atoms with Crippen LogP contribution in [0.1, 0.15) is 54.9 Å². The number of amides is 2. The molecule has 1 atom stereocenters. The highest BCUT2D eigenvalue weighted by Gasteiger charge is 2.31. The minimum Gasteiger partial charge on any atom is -0.443 e. The lowest BCUT2D eigenvalue weighted by Gasteiger charge is -2.29.